The molecule has 0 spiro atoms. The number of thiazole rings is 1. The van der Waals surface area contributed by atoms with Crippen LogP contribution in [0.5, 0.6) is 0 Å². The highest BCUT2D eigenvalue weighted by molar-refractivity contribution is 7.15. The van der Waals surface area contributed by atoms with Gasteiger partial charge in [-0.25, -0.2) is 9.37 Å². The quantitative estimate of drug-likeness (QED) is 0.583. The molecule has 0 bridgehead atoms. The van der Waals surface area contributed by atoms with Crippen LogP contribution in [0.4, 0.5) is 17.6 Å². The van der Waals surface area contributed by atoms with Crippen molar-refractivity contribution in [2.75, 3.05) is 0 Å². The third kappa shape index (κ3) is 3.10. The Balaban J connectivity index is 2.46. The lowest BCUT2D eigenvalue weighted by atomic mass is 10.1. The summed E-state index contributed by atoms with van der Waals surface area (Å²) in [4.78, 5) is 15.2. The maximum atomic E-state index is 13.9. The molecular weight excluding hydrogens is 308 g/mol. The summed E-state index contributed by atoms with van der Waals surface area (Å²) in [6.07, 6.45) is -4.60. The number of rotatable bonds is 3. The van der Waals surface area contributed by atoms with Crippen LogP contribution in [-0.2, 0) is 6.18 Å². The molecule has 0 aliphatic heterocycles. The Bertz CT molecular complexity index is 681. The lowest BCUT2D eigenvalue weighted by Crippen LogP contribution is -2.05. The van der Waals surface area contributed by atoms with Crippen molar-refractivity contribution in [1.82, 2.24) is 4.98 Å². The van der Waals surface area contributed by atoms with E-state index in [0.717, 1.165) is 23.5 Å². The van der Waals surface area contributed by atoms with Gasteiger partial charge in [-0.3, -0.25) is 0 Å². The van der Waals surface area contributed by atoms with Gasteiger partial charge in [0, 0.05) is 5.56 Å². The lowest BCUT2D eigenvalue weighted by Gasteiger charge is -2.07. The average molecular weight is 318 g/mol. The average Bonchev–Trinajstić information content (AvgIpc) is 2.78. The summed E-state index contributed by atoms with van der Waals surface area (Å²) >= 11 is 1.05. The molecule has 1 atom stereocenters. The van der Waals surface area contributed by atoms with Gasteiger partial charge in [-0.05, 0) is 32.0 Å². The predicted molar refractivity (Wildman–Crippen MR) is 71.5 cm³/mol. The monoisotopic (exact) mass is 318 g/mol. The Kier molecular flexibility index (Phi) is 4.08. The van der Waals surface area contributed by atoms with Crippen LogP contribution in [-0.4, -0.2) is 4.98 Å². The third-order valence-corrected chi connectivity index (χ3v) is 4.26. The fourth-order valence-corrected chi connectivity index (χ4v) is 2.90. The second-order valence-corrected chi connectivity index (χ2v) is 5.47. The Hall–Kier alpha value is -1.83. The fraction of sp³-hybridized carbons (Fsp3) is 0.308. The molecule has 0 aliphatic rings. The molecule has 1 aromatic heterocycles. The normalized spacial score (nSPS) is 13.2. The summed E-state index contributed by atoms with van der Waals surface area (Å²) in [5.74, 6) is -1.00. The van der Waals surface area contributed by atoms with E-state index in [1.54, 1.807) is 13.8 Å². The summed E-state index contributed by atoms with van der Waals surface area (Å²) < 4.78 is 51.4. The number of hydrogen-bond acceptors (Lipinski definition) is 4. The van der Waals surface area contributed by atoms with Gasteiger partial charge in [-0.15, -0.1) is 11.3 Å². The van der Waals surface area contributed by atoms with Crippen molar-refractivity contribution in [3.63, 3.8) is 0 Å². The number of nitroso groups, excluding NO2 is 1. The first-order valence-electron chi connectivity index (χ1n) is 5.91. The Morgan fingerprint density at radius 2 is 2.00 bits per heavy atom. The van der Waals surface area contributed by atoms with Crippen molar-refractivity contribution < 1.29 is 17.6 Å². The highest BCUT2D eigenvalue weighted by Crippen LogP contribution is 2.36. The van der Waals surface area contributed by atoms with E-state index in [2.05, 4.69) is 10.2 Å². The number of aryl methyl sites for hydroxylation is 1. The molecule has 8 heteroatoms. The topological polar surface area (TPSA) is 42.3 Å². The molecule has 3 nitrogen and oxygen atoms in total. The van der Waals surface area contributed by atoms with E-state index < -0.39 is 23.6 Å². The van der Waals surface area contributed by atoms with E-state index in [1.807, 2.05) is 0 Å². The highest BCUT2D eigenvalue weighted by Gasteiger charge is 2.31. The van der Waals surface area contributed by atoms with Gasteiger partial charge in [0.2, 0.25) is 0 Å². The summed E-state index contributed by atoms with van der Waals surface area (Å²) in [5.41, 5.74) is -0.568. The minimum Gasteiger partial charge on any atom is -0.241 e. The van der Waals surface area contributed by atoms with E-state index in [-0.39, 0.29) is 10.6 Å². The summed E-state index contributed by atoms with van der Waals surface area (Å²) in [6, 6.07) is 1.65. The van der Waals surface area contributed by atoms with Crippen molar-refractivity contribution in [3.05, 3.63) is 45.1 Å². The van der Waals surface area contributed by atoms with Crippen molar-refractivity contribution in [3.8, 4) is 10.6 Å². The van der Waals surface area contributed by atoms with Crippen molar-refractivity contribution in [2.45, 2.75) is 26.1 Å². The van der Waals surface area contributed by atoms with Crippen LogP contribution in [0.15, 0.2) is 23.4 Å². The minimum absolute atomic E-state index is 0.0274. The van der Waals surface area contributed by atoms with Gasteiger partial charge in [-0.1, -0.05) is 5.18 Å². The Labute approximate surface area is 121 Å². The molecule has 1 aromatic carbocycles. The predicted octanol–water partition coefficient (Wildman–Crippen LogP) is 5.10. The third-order valence-electron chi connectivity index (χ3n) is 2.90. The fourth-order valence-electron chi connectivity index (χ4n) is 1.82. The largest absolute Gasteiger partial charge is 0.416 e. The van der Waals surface area contributed by atoms with Crippen molar-refractivity contribution in [2.24, 2.45) is 5.18 Å². The number of benzene rings is 1. The number of halogens is 4. The summed E-state index contributed by atoms with van der Waals surface area (Å²) in [6.45, 7) is 3.21. The van der Waals surface area contributed by atoms with Crippen LogP contribution in [0.25, 0.3) is 10.6 Å². The van der Waals surface area contributed by atoms with Gasteiger partial charge in [-0.2, -0.15) is 18.1 Å². The van der Waals surface area contributed by atoms with Crippen molar-refractivity contribution in [1.29, 1.82) is 0 Å². The van der Waals surface area contributed by atoms with Gasteiger partial charge >= 0.3 is 6.18 Å². The van der Waals surface area contributed by atoms with Crippen LogP contribution in [0.2, 0.25) is 0 Å². The SMILES string of the molecule is Cc1nc(-c2ccc(C(F)(F)F)cc2F)sc1C(C)N=O. The maximum absolute atomic E-state index is 13.9. The molecule has 0 fully saturated rings. The molecule has 0 aliphatic carbocycles. The lowest BCUT2D eigenvalue weighted by molar-refractivity contribution is -0.137. The number of aromatic nitrogens is 1. The zero-order valence-corrected chi connectivity index (χ0v) is 11.8. The zero-order chi connectivity index (χ0) is 15.8. The van der Waals surface area contributed by atoms with E-state index in [1.165, 1.54) is 0 Å². The first-order chi connectivity index (χ1) is 9.74. The summed E-state index contributed by atoms with van der Waals surface area (Å²) in [5, 5.41) is 3.10. The van der Waals surface area contributed by atoms with Crippen LogP contribution >= 0.6 is 11.3 Å². The first kappa shape index (κ1) is 15.6. The molecule has 0 amide bonds. The van der Waals surface area contributed by atoms with Gasteiger partial charge < -0.3 is 0 Å². The van der Waals surface area contributed by atoms with Crippen LogP contribution in [0.3, 0.4) is 0 Å². The molecule has 21 heavy (non-hydrogen) atoms. The van der Waals surface area contributed by atoms with Gasteiger partial charge in [0.1, 0.15) is 16.9 Å². The number of alkyl halides is 3. The van der Waals surface area contributed by atoms with Crippen LogP contribution < -0.4 is 0 Å². The molecule has 1 heterocycles. The minimum atomic E-state index is -4.60. The maximum Gasteiger partial charge on any atom is 0.416 e. The summed E-state index contributed by atoms with van der Waals surface area (Å²) in [7, 11) is 0. The molecular formula is C13H10F4N2OS. The highest BCUT2D eigenvalue weighted by atomic mass is 32.1. The van der Waals surface area contributed by atoms with E-state index in [4.69, 9.17) is 0 Å². The molecule has 0 radical (unpaired) electrons. The number of hydrogen-bond donors (Lipinski definition) is 0. The second-order valence-electron chi connectivity index (χ2n) is 4.44. The molecule has 0 saturated heterocycles. The number of nitrogens with zero attached hydrogens (tertiary/aromatic N) is 2. The van der Waals surface area contributed by atoms with Gasteiger partial charge in [0.05, 0.1) is 16.1 Å². The molecule has 0 saturated carbocycles. The molecule has 112 valence electrons. The van der Waals surface area contributed by atoms with E-state index in [0.29, 0.717) is 16.6 Å². The van der Waals surface area contributed by atoms with Crippen molar-refractivity contribution >= 4 is 11.3 Å². The van der Waals surface area contributed by atoms with E-state index in [9.17, 15) is 22.5 Å². The Morgan fingerprint density at radius 3 is 2.52 bits per heavy atom. The molecule has 2 rings (SSSR count). The Morgan fingerprint density at radius 1 is 1.33 bits per heavy atom. The first-order valence-corrected chi connectivity index (χ1v) is 6.72. The molecule has 1 unspecified atom stereocenters. The zero-order valence-electron chi connectivity index (χ0n) is 11.0. The van der Waals surface area contributed by atoms with Crippen LogP contribution in [0, 0.1) is 17.6 Å². The standard InChI is InChI=1S/C13H10F4N2OS/c1-6-11(7(2)19-20)21-12(18-6)9-4-3-8(5-10(9)14)13(15,16)17/h3-5,7H,1-2H3. The second kappa shape index (κ2) is 5.51. The smallest absolute Gasteiger partial charge is 0.241 e. The molecule has 0 N–H and O–H groups in total. The van der Waals surface area contributed by atoms with Gasteiger partial charge in [0.25, 0.3) is 0 Å². The molecule has 2 aromatic rings. The van der Waals surface area contributed by atoms with Crippen LogP contribution in [0.1, 0.15) is 29.1 Å². The van der Waals surface area contributed by atoms with Gasteiger partial charge in [0.15, 0.2) is 0 Å². The van der Waals surface area contributed by atoms with E-state index >= 15 is 0 Å².